The molecule has 1 aromatic heterocycles. The minimum atomic E-state index is 0.257. The van der Waals surface area contributed by atoms with Gasteiger partial charge in [-0.25, -0.2) is 0 Å². The minimum Gasteiger partial charge on any atom is -0.464 e. The highest BCUT2D eigenvalue weighted by Crippen LogP contribution is 2.22. The van der Waals surface area contributed by atoms with E-state index in [2.05, 4.69) is 24.9 Å². The molecule has 0 fully saturated rings. The van der Waals surface area contributed by atoms with E-state index in [0.29, 0.717) is 5.92 Å². The Morgan fingerprint density at radius 2 is 2.11 bits per heavy atom. The maximum absolute atomic E-state index is 9.23. The first-order valence-corrected chi connectivity index (χ1v) is 6.49. The molecule has 1 N–H and O–H groups in total. The Labute approximate surface area is 108 Å². The molecule has 0 saturated heterocycles. The molecule has 0 spiro atoms. The summed E-state index contributed by atoms with van der Waals surface area (Å²) >= 11 is 0. The van der Waals surface area contributed by atoms with Crippen LogP contribution in [0.15, 0.2) is 34.9 Å². The molecule has 1 heterocycles. The lowest BCUT2D eigenvalue weighted by molar-refractivity contribution is 0.173. The van der Waals surface area contributed by atoms with Gasteiger partial charge in [0.15, 0.2) is 0 Å². The fourth-order valence-corrected chi connectivity index (χ4v) is 2.27. The van der Waals surface area contributed by atoms with Gasteiger partial charge in [0.05, 0.1) is 6.26 Å². The number of rotatable bonds is 6. The normalized spacial score (nSPS) is 13.3. The third-order valence-corrected chi connectivity index (χ3v) is 3.41. The van der Waals surface area contributed by atoms with Crippen molar-refractivity contribution in [2.45, 2.75) is 19.9 Å². The van der Waals surface area contributed by atoms with Crippen LogP contribution in [0, 0.1) is 5.92 Å². The third kappa shape index (κ3) is 2.92. The molecule has 1 atom stereocenters. The van der Waals surface area contributed by atoms with E-state index in [-0.39, 0.29) is 6.61 Å². The van der Waals surface area contributed by atoms with E-state index in [1.165, 1.54) is 10.9 Å². The molecule has 3 nitrogen and oxygen atoms in total. The van der Waals surface area contributed by atoms with Crippen molar-refractivity contribution in [3.63, 3.8) is 0 Å². The van der Waals surface area contributed by atoms with E-state index in [4.69, 9.17) is 4.42 Å². The molecular weight excluding hydrogens is 226 g/mol. The van der Waals surface area contributed by atoms with Crippen LogP contribution in [0.4, 0.5) is 0 Å². The highest BCUT2D eigenvalue weighted by Gasteiger charge is 2.11. The summed E-state index contributed by atoms with van der Waals surface area (Å²) < 4.78 is 5.53. The molecule has 0 radical (unpaired) electrons. The molecule has 2 rings (SSSR count). The van der Waals surface area contributed by atoms with Crippen molar-refractivity contribution in [2.24, 2.45) is 5.92 Å². The van der Waals surface area contributed by atoms with Gasteiger partial charge in [0.25, 0.3) is 0 Å². The maximum atomic E-state index is 9.23. The Bertz CT molecular complexity index is 488. The van der Waals surface area contributed by atoms with Gasteiger partial charge in [-0.2, -0.15) is 0 Å². The van der Waals surface area contributed by atoms with Crippen LogP contribution in [-0.2, 0) is 6.54 Å². The quantitative estimate of drug-likeness (QED) is 0.852. The summed E-state index contributed by atoms with van der Waals surface area (Å²) in [4.78, 5) is 2.24. The van der Waals surface area contributed by atoms with Crippen molar-refractivity contribution in [3.8, 4) is 0 Å². The van der Waals surface area contributed by atoms with Gasteiger partial charge >= 0.3 is 0 Å². The number of aliphatic hydroxyl groups excluding tert-OH is 1. The predicted octanol–water partition coefficient (Wildman–Crippen LogP) is 2.88. The number of para-hydroxylation sites is 1. The Morgan fingerprint density at radius 1 is 1.33 bits per heavy atom. The second-order valence-electron chi connectivity index (χ2n) is 4.91. The molecule has 2 aromatic rings. The molecule has 98 valence electrons. The van der Waals surface area contributed by atoms with Gasteiger partial charge in [-0.1, -0.05) is 25.1 Å². The minimum absolute atomic E-state index is 0.257. The molecule has 0 aliphatic carbocycles. The van der Waals surface area contributed by atoms with Crippen LogP contribution in [-0.4, -0.2) is 30.2 Å². The second-order valence-corrected chi connectivity index (χ2v) is 4.91. The first-order chi connectivity index (χ1) is 8.74. The van der Waals surface area contributed by atoms with Crippen molar-refractivity contribution in [3.05, 3.63) is 36.1 Å². The summed E-state index contributed by atoms with van der Waals surface area (Å²) in [6.45, 7) is 4.13. The van der Waals surface area contributed by atoms with Gasteiger partial charge in [0.2, 0.25) is 0 Å². The number of fused-ring (bicyclic) bond motifs is 1. The van der Waals surface area contributed by atoms with E-state index in [1.807, 2.05) is 24.5 Å². The zero-order valence-corrected chi connectivity index (χ0v) is 11.1. The van der Waals surface area contributed by atoms with Gasteiger partial charge in [0, 0.05) is 30.6 Å². The molecule has 0 saturated carbocycles. The number of benzene rings is 1. The van der Waals surface area contributed by atoms with Gasteiger partial charge < -0.3 is 14.4 Å². The van der Waals surface area contributed by atoms with Crippen molar-refractivity contribution < 1.29 is 9.52 Å². The molecule has 1 unspecified atom stereocenters. The smallest absolute Gasteiger partial charge is 0.134 e. The van der Waals surface area contributed by atoms with Gasteiger partial charge in [0.1, 0.15) is 5.58 Å². The molecule has 0 aliphatic heterocycles. The highest BCUT2D eigenvalue weighted by molar-refractivity contribution is 5.80. The Kier molecular flexibility index (Phi) is 4.39. The Hall–Kier alpha value is -1.32. The first kappa shape index (κ1) is 13.1. The largest absolute Gasteiger partial charge is 0.464 e. The average molecular weight is 247 g/mol. The lowest BCUT2D eigenvalue weighted by Crippen LogP contribution is -2.26. The van der Waals surface area contributed by atoms with Crippen LogP contribution in [0.5, 0.6) is 0 Å². The van der Waals surface area contributed by atoms with Crippen molar-refractivity contribution >= 4 is 11.0 Å². The van der Waals surface area contributed by atoms with Crippen LogP contribution in [0.2, 0.25) is 0 Å². The zero-order chi connectivity index (χ0) is 13.0. The number of furan rings is 1. The standard InChI is InChI=1S/C15H21NO2/c1-3-12(10-17)8-16(2)9-13-11-18-15-7-5-4-6-14(13)15/h4-7,11-12,17H,3,8-10H2,1-2H3. The van der Waals surface area contributed by atoms with Crippen LogP contribution >= 0.6 is 0 Å². The van der Waals surface area contributed by atoms with E-state index in [9.17, 15) is 5.11 Å². The second kappa shape index (κ2) is 6.03. The summed E-state index contributed by atoms with van der Waals surface area (Å²) in [5.74, 6) is 0.355. The topological polar surface area (TPSA) is 36.6 Å². The molecule has 1 aromatic carbocycles. The zero-order valence-electron chi connectivity index (χ0n) is 11.1. The van der Waals surface area contributed by atoms with Crippen LogP contribution in [0.25, 0.3) is 11.0 Å². The summed E-state index contributed by atoms with van der Waals surface area (Å²) in [6.07, 6.45) is 2.84. The molecule has 0 aliphatic rings. The monoisotopic (exact) mass is 247 g/mol. The summed E-state index contributed by atoms with van der Waals surface area (Å²) in [7, 11) is 2.08. The summed E-state index contributed by atoms with van der Waals surface area (Å²) in [5.41, 5.74) is 2.15. The summed E-state index contributed by atoms with van der Waals surface area (Å²) in [6, 6.07) is 8.09. The van der Waals surface area contributed by atoms with Crippen molar-refractivity contribution in [1.82, 2.24) is 4.90 Å². The lowest BCUT2D eigenvalue weighted by Gasteiger charge is -2.21. The SMILES string of the molecule is CCC(CO)CN(C)Cc1coc2ccccc12. The van der Waals surface area contributed by atoms with Gasteiger partial charge in [-0.05, 0) is 25.5 Å². The molecule has 0 bridgehead atoms. The van der Waals surface area contributed by atoms with E-state index in [1.54, 1.807) is 0 Å². The first-order valence-electron chi connectivity index (χ1n) is 6.49. The molecule has 18 heavy (non-hydrogen) atoms. The Morgan fingerprint density at radius 3 is 2.83 bits per heavy atom. The fourth-order valence-electron chi connectivity index (χ4n) is 2.27. The molecular formula is C15H21NO2. The van der Waals surface area contributed by atoms with Crippen molar-refractivity contribution in [1.29, 1.82) is 0 Å². The van der Waals surface area contributed by atoms with Crippen LogP contribution < -0.4 is 0 Å². The fraction of sp³-hybridized carbons (Fsp3) is 0.467. The van der Waals surface area contributed by atoms with E-state index in [0.717, 1.165) is 25.1 Å². The molecule has 0 amide bonds. The number of hydrogen-bond acceptors (Lipinski definition) is 3. The summed E-state index contributed by atoms with van der Waals surface area (Å²) in [5, 5.41) is 10.4. The molecule has 3 heteroatoms. The number of nitrogens with zero attached hydrogens (tertiary/aromatic N) is 1. The Balaban J connectivity index is 2.04. The average Bonchev–Trinajstić information content (AvgIpc) is 2.79. The highest BCUT2D eigenvalue weighted by atomic mass is 16.3. The predicted molar refractivity (Wildman–Crippen MR) is 73.4 cm³/mol. The number of hydrogen-bond donors (Lipinski definition) is 1. The number of aliphatic hydroxyl groups is 1. The van der Waals surface area contributed by atoms with Gasteiger partial charge in [-0.3, -0.25) is 0 Å². The lowest BCUT2D eigenvalue weighted by atomic mass is 10.1. The van der Waals surface area contributed by atoms with Crippen molar-refractivity contribution in [2.75, 3.05) is 20.2 Å². The van der Waals surface area contributed by atoms with Crippen LogP contribution in [0.3, 0.4) is 0 Å². The van der Waals surface area contributed by atoms with E-state index >= 15 is 0 Å². The van der Waals surface area contributed by atoms with Crippen LogP contribution in [0.1, 0.15) is 18.9 Å². The van der Waals surface area contributed by atoms with E-state index < -0.39 is 0 Å². The maximum Gasteiger partial charge on any atom is 0.134 e. The third-order valence-electron chi connectivity index (χ3n) is 3.41. The van der Waals surface area contributed by atoms with Gasteiger partial charge in [-0.15, -0.1) is 0 Å².